The SMILES string of the molecule is O=C(O)CONC(=O)c1cccc(O)c1O. The van der Waals surface area contributed by atoms with Crippen molar-refractivity contribution in [1.29, 1.82) is 0 Å². The summed E-state index contributed by atoms with van der Waals surface area (Å²) in [5, 5.41) is 26.6. The number of hydrogen-bond acceptors (Lipinski definition) is 5. The maximum atomic E-state index is 11.3. The number of carboxylic acids is 1. The lowest BCUT2D eigenvalue weighted by Crippen LogP contribution is -2.26. The average Bonchev–Trinajstić information content (AvgIpc) is 2.21. The quantitative estimate of drug-likeness (QED) is 0.419. The number of aromatic hydroxyl groups is 2. The number of nitrogens with one attached hydrogen (secondary N) is 1. The second kappa shape index (κ2) is 4.99. The van der Waals surface area contributed by atoms with Gasteiger partial charge < -0.3 is 15.3 Å². The molecule has 86 valence electrons. The van der Waals surface area contributed by atoms with Crippen LogP contribution in [0.3, 0.4) is 0 Å². The van der Waals surface area contributed by atoms with Gasteiger partial charge in [-0.05, 0) is 12.1 Å². The van der Waals surface area contributed by atoms with Crippen molar-refractivity contribution in [3.05, 3.63) is 23.8 Å². The molecular formula is C9H9NO6. The maximum Gasteiger partial charge on any atom is 0.332 e. The second-order valence-corrected chi connectivity index (χ2v) is 2.79. The van der Waals surface area contributed by atoms with Gasteiger partial charge in [-0.25, -0.2) is 10.3 Å². The van der Waals surface area contributed by atoms with Crippen LogP contribution in [0.4, 0.5) is 0 Å². The van der Waals surface area contributed by atoms with E-state index in [1.54, 1.807) is 0 Å². The fraction of sp³-hybridized carbons (Fsp3) is 0.111. The second-order valence-electron chi connectivity index (χ2n) is 2.79. The Hall–Kier alpha value is -2.28. The summed E-state index contributed by atoms with van der Waals surface area (Å²) in [6.07, 6.45) is 0. The minimum atomic E-state index is -1.25. The van der Waals surface area contributed by atoms with Crippen molar-refractivity contribution in [3.63, 3.8) is 0 Å². The molecule has 0 unspecified atom stereocenters. The highest BCUT2D eigenvalue weighted by atomic mass is 16.7. The van der Waals surface area contributed by atoms with E-state index in [-0.39, 0.29) is 5.56 Å². The third kappa shape index (κ3) is 2.85. The van der Waals surface area contributed by atoms with Crippen LogP contribution >= 0.6 is 0 Å². The largest absolute Gasteiger partial charge is 0.504 e. The molecule has 0 saturated heterocycles. The van der Waals surface area contributed by atoms with Crippen molar-refractivity contribution in [3.8, 4) is 11.5 Å². The Labute approximate surface area is 89.8 Å². The number of phenols is 2. The number of hydrogen-bond donors (Lipinski definition) is 4. The Balaban J connectivity index is 2.66. The van der Waals surface area contributed by atoms with Crippen LogP contribution in [0.15, 0.2) is 18.2 Å². The molecule has 4 N–H and O–H groups in total. The Morgan fingerprint density at radius 3 is 2.62 bits per heavy atom. The first-order valence-corrected chi connectivity index (χ1v) is 4.17. The number of para-hydroxylation sites is 1. The van der Waals surface area contributed by atoms with Crippen LogP contribution in [0.2, 0.25) is 0 Å². The molecule has 0 aliphatic heterocycles. The first-order valence-electron chi connectivity index (χ1n) is 4.17. The van der Waals surface area contributed by atoms with E-state index in [0.717, 1.165) is 0 Å². The minimum Gasteiger partial charge on any atom is -0.504 e. The van der Waals surface area contributed by atoms with Crippen molar-refractivity contribution in [2.75, 3.05) is 6.61 Å². The molecule has 7 nitrogen and oxygen atoms in total. The average molecular weight is 227 g/mol. The molecular weight excluding hydrogens is 218 g/mol. The number of carbonyl (C=O) groups is 2. The van der Waals surface area contributed by atoms with E-state index in [0.29, 0.717) is 0 Å². The number of rotatable bonds is 4. The van der Waals surface area contributed by atoms with Crippen molar-refractivity contribution in [2.45, 2.75) is 0 Å². The number of hydroxylamine groups is 1. The van der Waals surface area contributed by atoms with Crippen molar-refractivity contribution in [1.82, 2.24) is 5.48 Å². The Morgan fingerprint density at radius 1 is 1.31 bits per heavy atom. The van der Waals surface area contributed by atoms with Crippen LogP contribution in [-0.4, -0.2) is 33.8 Å². The molecule has 1 amide bonds. The van der Waals surface area contributed by atoms with Gasteiger partial charge in [0.2, 0.25) is 0 Å². The molecule has 0 heterocycles. The fourth-order valence-electron chi connectivity index (χ4n) is 0.933. The highest BCUT2D eigenvalue weighted by molar-refractivity contribution is 5.96. The lowest BCUT2D eigenvalue weighted by atomic mass is 10.2. The number of phenolic OH excluding ortho intramolecular Hbond substituents is 2. The van der Waals surface area contributed by atoms with Crippen LogP contribution in [0.25, 0.3) is 0 Å². The van der Waals surface area contributed by atoms with E-state index in [9.17, 15) is 14.7 Å². The molecule has 0 atom stereocenters. The van der Waals surface area contributed by atoms with Gasteiger partial charge in [0.25, 0.3) is 5.91 Å². The Bertz CT molecular complexity index is 416. The maximum absolute atomic E-state index is 11.3. The van der Waals surface area contributed by atoms with E-state index >= 15 is 0 Å². The van der Waals surface area contributed by atoms with Gasteiger partial charge in [-0.1, -0.05) is 6.07 Å². The van der Waals surface area contributed by atoms with E-state index < -0.39 is 30.0 Å². The topological polar surface area (TPSA) is 116 Å². The number of benzene rings is 1. The number of carboxylic acid groups (broad SMARTS) is 1. The summed E-state index contributed by atoms with van der Waals surface area (Å²) >= 11 is 0. The summed E-state index contributed by atoms with van der Waals surface area (Å²) < 4.78 is 0. The molecule has 0 aliphatic rings. The molecule has 0 spiro atoms. The van der Waals surface area contributed by atoms with E-state index in [4.69, 9.17) is 10.2 Å². The van der Waals surface area contributed by atoms with Crippen LogP contribution in [0.5, 0.6) is 11.5 Å². The summed E-state index contributed by atoms with van der Waals surface area (Å²) in [5.74, 6) is -3.15. The van der Waals surface area contributed by atoms with Gasteiger partial charge in [0.15, 0.2) is 18.1 Å². The standard InChI is InChI=1S/C9H9NO6/c11-6-3-1-2-5(8(6)14)9(15)10-16-4-7(12)13/h1-3,11,14H,4H2,(H,10,15)(H,12,13). The first kappa shape index (κ1) is 11.8. The van der Waals surface area contributed by atoms with E-state index in [1.165, 1.54) is 18.2 Å². The molecule has 0 bridgehead atoms. The van der Waals surface area contributed by atoms with Crippen LogP contribution in [0, 0.1) is 0 Å². The summed E-state index contributed by atoms with van der Waals surface area (Å²) in [6.45, 7) is -0.703. The lowest BCUT2D eigenvalue weighted by Gasteiger charge is -2.06. The summed E-state index contributed by atoms with van der Waals surface area (Å²) in [5.41, 5.74) is 1.59. The third-order valence-electron chi connectivity index (χ3n) is 1.62. The van der Waals surface area contributed by atoms with Crippen molar-refractivity contribution >= 4 is 11.9 Å². The summed E-state index contributed by atoms with van der Waals surface area (Å²) in [7, 11) is 0. The predicted molar refractivity (Wildman–Crippen MR) is 50.8 cm³/mol. The molecule has 0 aromatic heterocycles. The van der Waals surface area contributed by atoms with Gasteiger partial charge in [0.05, 0.1) is 5.56 Å². The molecule has 0 aliphatic carbocycles. The molecule has 0 saturated carbocycles. The van der Waals surface area contributed by atoms with Crippen molar-refractivity contribution < 1.29 is 29.7 Å². The smallest absolute Gasteiger partial charge is 0.332 e. The molecule has 7 heteroatoms. The van der Waals surface area contributed by atoms with E-state index in [1.807, 2.05) is 5.48 Å². The van der Waals surface area contributed by atoms with Gasteiger partial charge in [-0.2, -0.15) is 0 Å². The predicted octanol–water partition coefficient (Wildman–Crippen LogP) is -0.156. The van der Waals surface area contributed by atoms with Crippen molar-refractivity contribution in [2.24, 2.45) is 0 Å². The summed E-state index contributed by atoms with van der Waals surface area (Å²) in [6, 6.07) is 3.79. The number of amides is 1. The molecule has 1 aromatic rings. The van der Waals surface area contributed by atoms with Gasteiger partial charge in [-0.3, -0.25) is 9.63 Å². The zero-order valence-electron chi connectivity index (χ0n) is 8.01. The van der Waals surface area contributed by atoms with Gasteiger partial charge in [0.1, 0.15) is 0 Å². The highest BCUT2D eigenvalue weighted by Gasteiger charge is 2.14. The van der Waals surface area contributed by atoms with E-state index in [2.05, 4.69) is 4.84 Å². The van der Waals surface area contributed by atoms with Gasteiger partial charge in [-0.15, -0.1) is 0 Å². The highest BCUT2D eigenvalue weighted by Crippen LogP contribution is 2.27. The van der Waals surface area contributed by atoms with Crippen LogP contribution in [0.1, 0.15) is 10.4 Å². The first-order chi connectivity index (χ1) is 7.52. The van der Waals surface area contributed by atoms with Crippen LogP contribution < -0.4 is 5.48 Å². The molecule has 16 heavy (non-hydrogen) atoms. The number of aliphatic carboxylic acids is 1. The molecule has 0 radical (unpaired) electrons. The lowest BCUT2D eigenvalue weighted by molar-refractivity contribution is -0.144. The zero-order chi connectivity index (χ0) is 12.1. The third-order valence-corrected chi connectivity index (χ3v) is 1.62. The van der Waals surface area contributed by atoms with Crippen LogP contribution in [-0.2, 0) is 9.63 Å². The normalized spacial score (nSPS) is 9.75. The fourth-order valence-corrected chi connectivity index (χ4v) is 0.933. The zero-order valence-corrected chi connectivity index (χ0v) is 8.01. The molecule has 1 rings (SSSR count). The Kier molecular flexibility index (Phi) is 3.67. The minimum absolute atomic E-state index is 0.217. The molecule has 1 aromatic carbocycles. The number of carbonyl (C=O) groups excluding carboxylic acids is 1. The van der Waals surface area contributed by atoms with Gasteiger partial charge >= 0.3 is 5.97 Å². The Morgan fingerprint density at radius 2 is 2.00 bits per heavy atom. The monoisotopic (exact) mass is 227 g/mol. The molecule has 0 fully saturated rings. The van der Waals surface area contributed by atoms with Gasteiger partial charge in [0, 0.05) is 0 Å². The summed E-state index contributed by atoms with van der Waals surface area (Å²) in [4.78, 5) is 25.7.